The van der Waals surface area contributed by atoms with Gasteiger partial charge < -0.3 is 5.32 Å². The van der Waals surface area contributed by atoms with Crippen molar-refractivity contribution in [2.45, 2.75) is 57.7 Å². The topological polar surface area (TPSA) is 72.0 Å². The van der Waals surface area contributed by atoms with Crippen molar-refractivity contribution in [2.24, 2.45) is 5.41 Å². The summed E-state index contributed by atoms with van der Waals surface area (Å²) in [7, 11) is 0. The number of anilines is 1. The van der Waals surface area contributed by atoms with Crippen molar-refractivity contribution in [3.63, 3.8) is 0 Å². The lowest BCUT2D eigenvalue weighted by molar-refractivity contribution is -0.123. The highest BCUT2D eigenvalue weighted by Crippen LogP contribution is 2.27. The van der Waals surface area contributed by atoms with Gasteiger partial charge in [0, 0.05) is 11.0 Å². The molecule has 1 aromatic carbocycles. The number of aryl methyl sites for hydroxylation is 1. The molecule has 1 N–H and O–H groups in total. The molecule has 0 bridgehead atoms. The van der Waals surface area contributed by atoms with Crippen LogP contribution in [0, 0.1) is 5.41 Å². The molecule has 0 fully saturated rings. The van der Waals surface area contributed by atoms with Crippen LogP contribution >= 0.6 is 23.1 Å². The SMILES string of the molecule is CCCCCc1ccc(C(=O)CSc2nnc(NC(=O)C(C)(C)C)s2)cc1. The number of Topliss-reactive ketones (excluding diaryl/α,β-unsaturated/α-hetero) is 1. The van der Waals surface area contributed by atoms with Gasteiger partial charge in [-0.1, -0.05) is 87.9 Å². The quantitative estimate of drug-likeness (QED) is 0.268. The Morgan fingerprint density at radius 3 is 2.44 bits per heavy atom. The van der Waals surface area contributed by atoms with Gasteiger partial charge in [0.15, 0.2) is 10.1 Å². The molecule has 5 nitrogen and oxygen atoms in total. The number of nitrogens with zero attached hydrogens (tertiary/aromatic N) is 2. The third-order valence-corrected chi connectivity index (χ3v) is 5.95. The largest absolute Gasteiger partial charge is 0.300 e. The molecule has 0 saturated heterocycles. The van der Waals surface area contributed by atoms with E-state index >= 15 is 0 Å². The standard InChI is InChI=1S/C20H27N3O2S2/c1-5-6-7-8-14-9-11-15(12-10-14)16(24)13-26-19-23-22-18(27-19)21-17(25)20(2,3)4/h9-12H,5-8,13H2,1-4H3,(H,21,22,25). The first kappa shape index (κ1) is 21.6. The third kappa shape index (κ3) is 7.07. The van der Waals surface area contributed by atoms with Crippen molar-refractivity contribution in [2.75, 3.05) is 11.1 Å². The van der Waals surface area contributed by atoms with Gasteiger partial charge in [-0.15, -0.1) is 10.2 Å². The van der Waals surface area contributed by atoms with Crippen molar-refractivity contribution in [1.82, 2.24) is 10.2 Å². The third-order valence-electron chi connectivity index (χ3n) is 3.98. The zero-order valence-corrected chi connectivity index (χ0v) is 18.0. The van der Waals surface area contributed by atoms with E-state index < -0.39 is 5.41 Å². The Morgan fingerprint density at radius 2 is 1.81 bits per heavy atom. The minimum Gasteiger partial charge on any atom is -0.300 e. The fourth-order valence-corrected chi connectivity index (χ4v) is 3.89. The number of unbranched alkanes of at least 4 members (excludes halogenated alkanes) is 2. The van der Waals surface area contributed by atoms with Crippen molar-refractivity contribution in [3.05, 3.63) is 35.4 Å². The normalized spacial score (nSPS) is 11.4. The van der Waals surface area contributed by atoms with E-state index in [9.17, 15) is 9.59 Å². The van der Waals surface area contributed by atoms with E-state index in [1.54, 1.807) is 0 Å². The minimum atomic E-state index is -0.488. The summed E-state index contributed by atoms with van der Waals surface area (Å²) in [6.07, 6.45) is 4.69. The number of carbonyl (C=O) groups excluding carboxylic acids is 2. The molecule has 1 heterocycles. The van der Waals surface area contributed by atoms with Gasteiger partial charge in [0.25, 0.3) is 0 Å². The Hall–Kier alpha value is -1.73. The van der Waals surface area contributed by atoms with E-state index in [0.29, 0.717) is 20.8 Å². The molecule has 0 unspecified atom stereocenters. The van der Waals surface area contributed by atoms with E-state index in [2.05, 4.69) is 22.4 Å². The van der Waals surface area contributed by atoms with Gasteiger partial charge >= 0.3 is 0 Å². The van der Waals surface area contributed by atoms with Crippen LogP contribution in [0.4, 0.5) is 5.13 Å². The molecule has 2 aromatic rings. The molecule has 0 saturated carbocycles. The molecule has 0 spiro atoms. The second kappa shape index (κ2) is 9.99. The van der Waals surface area contributed by atoms with E-state index in [4.69, 9.17) is 0 Å². The van der Waals surface area contributed by atoms with Crippen LogP contribution in [0.2, 0.25) is 0 Å². The molecule has 146 valence electrons. The first-order valence-electron chi connectivity index (χ1n) is 9.19. The van der Waals surface area contributed by atoms with E-state index in [0.717, 1.165) is 6.42 Å². The van der Waals surface area contributed by atoms with E-state index in [-0.39, 0.29) is 11.7 Å². The number of aromatic nitrogens is 2. The summed E-state index contributed by atoms with van der Waals surface area (Å²) < 4.78 is 0.670. The molecule has 0 aliphatic heterocycles. The van der Waals surface area contributed by atoms with Gasteiger partial charge in [-0.05, 0) is 18.4 Å². The zero-order valence-electron chi connectivity index (χ0n) is 16.4. The number of rotatable bonds is 9. The molecule has 2 rings (SSSR count). The van der Waals surface area contributed by atoms with Crippen molar-refractivity contribution in [3.8, 4) is 0 Å². The summed E-state index contributed by atoms with van der Waals surface area (Å²) in [5.41, 5.74) is 1.50. The van der Waals surface area contributed by atoms with Crippen LogP contribution < -0.4 is 5.32 Å². The molecule has 27 heavy (non-hydrogen) atoms. The summed E-state index contributed by atoms with van der Waals surface area (Å²) in [5.74, 6) is 0.262. The Labute approximate surface area is 169 Å². The number of carbonyl (C=O) groups is 2. The summed E-state index contributed by atoms with van der Waals surface area (Å²) in [6, 6.07) is 7.88. The van der Waals surface area contributed by atoms with Crippen LogP contribution in [-0.4, -0.2) is 27.6 Å². The highest BCUT2D eigenvalue weighted by atomic mass is 32.2. The molecule has 0 atom stereocenters. The van der Waals surface area contributed by atoms with Crippen LogP contribution in [0.1, 0.15) is 62.9 Å². The molecule has 1 aromatic heterocycles. The lowest BCUT2D eigenvalue weighted by Crippen LogP contribution is -2.27. The number of hydrogen-bond donors (Lipinski definition) is 1. The number of nitrogens with one attached hydrogen (secondary N) is 1. The summed E-state index contributed by atoms with van der Waals surface area (Å²) in [5, 5.41) is 11.2. The van der Waals surface area contributed by atoms with Gasteiger partial charge in [-0.2, -0.15) is 0 Å². The molecule has 0 aliphatic carbocycles. The average Bonchev–Trinajstić information content (AvgIpc) is 3.07. The Bertz CT molecular complexity index is 764. The van der Waals surface area contributed by atoms with Crippen LogP contribution in [0.15, 0.2) is 28.6 Å². The predicted octanol–water partition coefficient (Wildman–Crippen LogP) is 5.23. The monoisotopic (exact) mass is 405 g/mol. The van der Waals surface area contributed by atoms with Gasteiger partial charge in [-0.25, -0.2) is 0 Å². The maximum atomic E-state index is 12.4. The fourth-order valence-electron chi connectivity index (χ4n) is 2.25. The number of ketones is 1. The van der Waals surface area contributed by atoms with Gasteiger partial charge in [0.2, 0.25) is 11.0 Å². The fraction of sp³-hybridized carbons (Fsp3) is 0.500. The number of amides is 1. The zero-order chi connectivity index (χ0) is 19.9. The highest BCUT2D eigenvalue weighted by Gasteiger charge is 2.22. The number of thioether (sulfide) groups is 1. The minimum absolute atomic E-state index is 0.0654. The van der Waals surface area contributed by atoms with Crippen molar-refractivity contribution < 1.29 is 9.59 Å². The van der Waals surface area contributed by atoms with Crippen LogP contribution in [0.3, 0.4) is 0 Å². The molecule has 0 aliphatic rings. The molecular formula is C20H27N3O2S2. The highest BCUT2D eigenvalue weighted by molar-refractivity contribution is 8.01. The first-order chi connectivity index (χ1) is 12.8. The maximum absolute atomic E-state index is 12.4. The average molecular weight is 406 g/mol. The lowest BCUT2D eigenvalue weighted by atomic mass is 9.96. The maximum Gasteiger partial charge on any atom is 0.231 e. The van der Waals surface area contributed by atoms with Crippen molar-refractivity contribution in [1.29, 1.82) is 0 Å². The summed E-state index contributed by atoms with van der Waals surface area (Å²) >= 11 is 2.63. The molecular weight excluding hydrogens is 378 g/mol. The smallest absolute Gasteiger partial charge is 0.231 e. The summed E-state index contributed by atoms with van der Waals surface area (Å²) in [4.78, 5) is 24.3. The first-order valence-corrected chi connectivity index (χ1v) is 11.0. The van der Waals surface area contributed by atoms with E-state index in [1.807, 2.05) is 45.0 Å². The van der Waals surface area contributed by atoms with Crippen molar-refractivity contribution >= 4 is 39.9 Å². The number of hydrogen-bond acceptors (Lipinski definition) is 6. The Balaban J connectivity index is 1.84. The number of benzene rings is 1. The second-order valence-electron chi connectivity index (χ2n) is 7.44. The second-order valence-corrected chi connectivity index (χ2v) is 9.64. The van der Waals surface area contributed by atoms with Crippen LogP contribution in [0.5, 0.6) is 0 Å². The van der Waals surface area contributed by atoms with Crippen LogP contribution in [0.25, 0.3) is 0 Å². The molecule has 1 amide bonds. The summed E-state index contributed by atoms with van der Waals surface area (Å²) in [6.45, 7) is 7.71. The van der Waals surface area contributed by atoms with Crippen LogP contribution in [-0.2, 0) is 11.2 Å². The van der Waals surface area contributed by atoms with Gasteiger partial charge in [0.1, 0.15) is 0 Å². The predicted molar refractivity (Wildman–Crippen MR) is 113 cm³/mol. The molecule has 7 heteroatoms. The molecule has 0 radical (unpaired) electrons. The van der Waals surface area contributed by atoms with Gasteiger partial charge in [-0.3, -0.25) is 9.59 Å². The van der Waals surface area contributed by atoms with Gasteiger partial charge in [0.05, 0.1) is 5.75 Å². The Kier molecular flexibility index (Phi) is 7.98. The van der Waals surface area contributed by atoms with E-state index in [1.165, 1.54) is 47.9 Å². The Morgan fingerprint density at radius 1 is 1.11 bits per heavy atom. The lowest BCUT2D eigenvalue weighted by Gasteiger charge is -2.15.